The van der Waals surface area contributed by atoms with Crippen LogP contribution in [-0.4, -0.2) is 22.6 Å². The van der Waals surface area contributed by atoms with Crippen molar-refractivity contribution in [1.29, 1.82) is 0 Å². The Bertz CT molecular complexity index is 4150. The fraction of sp³-hybridized carbons (Fsp3) is 0. The average Bonchev–Trinajstić information content (AvgIpc) is 3.91. The number of rotatable bonds is 5. The lowest BCUT2D eigenvalue weighted by atomic mass is 9.31. The first-order valence-electron chi connectivity index (χ1n) is 23.3. The van der Waals surface area contributed by atoms with E-state index in [-0.39, 0.29) is 13.4 Å². The van der Waals surface area contributed by atoms with Crippen LogP contribution in [-0.2, 0) is 0 Å². The molecule has 0 atom stereocenters. The topological polar surface area (TPSA) is 31.6 Å². The number of ether oxygens (including phenoxy) is 2. The number of anilines is 3. The minimum Gasteiger partial charge on any atom is -0.457 e. The van der Waals surface area contributed by atoms with Crippen LogP contribution in [0.3, 0.4) is 0 Å². The van der Waals surface area contributed by atoms with Gasteiger partial charge in [-0.2, -0.15) is 0 Å². The zero-order valence-electron chi connectivity index (χ0n) is 36.4. The maximum absolute atomic E-state index is 6.84. The van der Waals surface area contributed by atoms with Crippen LogP contribution in [0.25, 0.3) is 55.0 Å². The van der Waals surface area contributed by atoms with E-state index in [0.717, 1.165) is 40.1 Å². The van der Waals surface area contributed by atoms with Crippen molar-refractivity contribution in [1.82, 2.24) is 9.13 Å². The van der Waals surface area contributed by atoms with Gasteiger partial charge in [-0.1, -0.05) is 151 Å². The Hall–Kier alpha value is -8.32. The Morgan fingerprint density at radius 3 is 1.46 bits per heavy atom. The van der Waals surface area contributed by atoms with Crippen molar-refractivity contribution in [2.45, 2.75) is 9.79 Å². The van der Waals surface area contributed by atoms with Crippen molar-refractivity contribution in [3.63, 3.8) is 0 Å². The molecule has 4 aliphatic heterocycles. The molecule has 12 aromatic rings. The minimum absolute atomic E-state index is 0.00800. The van der Waals surface area contributed by atoms with E-state index in [0.29, 0.717) is 0 Å². The van der Waals surface area contributed by atoms with Gasteiger partial charge in [0.25, 0.3) is 6.71 Å². The molecule has 6 heterocycles. The lowest BCUT2D eigenvalue weighted by molar-refractivity contribution is 0.481. The summed E-state index contributed by atoms with van der Waals surface area (Å²) in [6.45, 7) is -0.0590. The Morgan fingerprint density at radius 2 is 0.838 bits per heavy atom. The molecule has 5 nitrogen and oxygen atoms in total. The molecule has 0 spiro atoms. The number of para-hydroxylation sites is 7. The molecular weight excluding hydrogens is 848 g/mol. The summed E-state index contributed by atoms with van der Waals surface area (Å²) in [6.07, 6.45) is 0. The van der Waals surface area contributed by atoms with Gasteiger partial charge >= 0.3 is 0 Å². The summed E-state index contributed by atoms with van der Waals surface area (Å²) in [6, 6.07) is 77.0. The third-order valence-electron chi connectivity index (χ3n) is 14.8. The van der Waals surface area contributed by atoms with Crippen LogP contribution >= 0.6 is 11.8 Å². The lowest BCUT2D eigenvalue weighted by Crippen LogP contribution is -2.63. The first-order valence-corrected chi connectivity index (χ1v) is 24.1. The van der Waals surface area contributed by atoms with Crippen LogP contribution in [0.5, 0.6) is 23.0 Å². The molecule has 0 unspecified atom stereocenters. The van der Waals surface area contributed by atoms with Crippen LogP contribution in [0.4, 0.5) is 17.1 Å². The second kappa shape index (κ2) is 13.6. The van der Waals surface area contributed by atoms with Gasteiger partial charge < -0.3 is 23.5 Å². The van der Waals surface area contributed by atoms with Gasteiger partial charge in [0.05, 0.1) is 11.0 Å². The molecule has 8 heteroatoms. The summed E-state index contributed by atoms with van der Waals surface area (Å²) in [7, 11) is 0. The van der Waals surface area contributed by atoms with E-state index in [1.165, 1.54) is 97.6 Å². The molecule has 4 aliphatic rings. The van der Waals surface area contributed by atoms with Gasteiger partial charge in [0.2, 0.25) is 6.71 Å². The van der Waals surface area contributed by atoms with Crippen LogP contribution < -0.4 is 47.2 Å². The molecular formula is C60H35B2N3O2S. The summed E-state index contributed by atoms with van der Waals surface area (Å²) in [4.78, 5) is 4.95. The Kier molecular flexibility index (Phi) is 7.39. The number of hydrogen-bond donors (Lipinski definition) is 0. The molecule has 0 radical (unpaired) electrons. The third kappa shape index (κ3) is 4.94. The zero-order chi connectivity index (χ0) is 44.2. The van der Waals surface area contributed by atoms with Gasteiger partial charge in [0.1, 0.15) is 23.0 Å². The van der Waals surface area contributed by atoms with E-state index in [1.54, 1.807) is 0 Å². The molecule has 68 heavy (non-hydrogen) atoms. The summed E-state index contributed by atoms with van der Waals surface area (Å²) in [5, 5.41) is 5.04. The molecule has 314 valence electrons. The van der Waals surface area contributed by atoms with Gasteiger partial charge in [0.15, 0.2) is 0 Å². The molecule has 0 N–H and O–H groups in total. The van der Waals surface area contributed by atoms with E-state index >= 15 is 0 Å². The molecule has 10 aromatic carbocycles. The second-order valence-electron chi connectivity index (χ2n) is 18.3. The zero-order valence-corrected chi connectivity index (χ0v) is 37.2. The smallest absolute Gasteiger partial charge is 0.252 e. The summed E-state index contributed by atoms with van der Waals surface area (Å²) >= 11 is 1.87. The van der Waals surface area contributed by atoms with Crippen LogP contribution in [0, 0.1) is 0 Å². The summed E-state index contributed by atoms with van der Waals surface area (Å²) < 4.78 is 18.6. The van der Waals surface area contributed by atoms with E-state index < -0.39 is 0 Å². The van der Waals surface area contributed by atoms with E-state index in [9.17, 15) is 0 Å². The van der Waals surface area contributed by atoms with Crippen molar-refractivity contribution in [3.8, 4) is 34.4 Å². The highest BCUT2D eigenvalue weighted by Crippen LogP contribution is 2.47. The van der Waals surface area contributed by atoms with E-state index in [1.807, 2.05) is 72.4 Å². The summed E-state index contributed by atoms with van der Waals surface area (Å²) in [5.74, 6) is 3.24. The summed E-state index contributed by atoms with van der Waals surface area (Å²) in [5.41, 5.74) is 18.5. The first-order chi connectivity index (χ1) is 33.7. The molecule has 16 rings (SSSR count). The van der Waals surface area contributed by atoms with E-state index in [4.69, 9.17) is 9.47 Å². The first kappa shape index (κ1) is 36.8. The molecule has 0 fully saturated rings. The van der Waals surface area contributed by atoms with Crippen molar-refractivity contribution in [3.05, 3.63) is 212 Å². The third-order valence-corrected chi connectivity index (χ3v) is 15.9. The number of fused-ring (bicyclic) bond motifs is 14. The highest BCUT2D eigenvalue weighted by Gasteiger charge is 2.46. The highest BCUT2D eigenvalue weighted by atomic mass is 32.2. The quantitative estimate of drug-likeness (QED) is 0.161. The van der Waals surface area contributed by atoms with Crippen LogP contribution in [0.2, 0.25) is 0 Å². The second-order valence-corrected chi connectivity index (χ2v) is 19.4. The highest BCUT2D eigenvalue weighted by molar-refractivity contribution is 8.00. The maximum Gasteiger partial charge on any atom is 0.252 e. The van der Waals surface area contributed by atoms with Crippen molar-refractivity contribution in [2.75, 3.05) is 4.90 Å². The number of aromatic nitrogens is 2. The Balaban J connectivity index is 1.01. The van der Waals surface area contributed by atoms with E-state index in [2.05, 4.69) is 166 Å². The Morgan fingerprint density at radius 1 is 0.338 bits per heavy atom. The van der Waals surface area contributed by atoms with Crippen molar-refractivity contribution >= 4 is 119 Å². The van der Waals surface area contributed by atoms with Gasteiger partial charge in [-0.25, -0.2) is 0 Å². The molecule has 0 aliphatic carbocycles. The standard InChI is InChI=1S/C60H35B2N3O2S/c1-4-16-36(17-5-1)63-51-35-55-48(62-46-27-15-25-44-42-23-11-13-29-50(42)65(60(44)46)54-32-40(33-56(68-55)58(54)62)67-38-20-8-3-9-21-38)34-47(51)61-45-26-14-24-43-41-22-10-12-28-49(41)64(59(43)45)53-31-39(30-52(63)57(53)61)66-37-18-6-2-7-19-37/h1-35H. The maximum atomic E-state index is 6.84. The fourth-order valence-corrected chi connectivity index (χ4v) is 13.4. The monoisotopic (exact) mass is 883 g/mol. The van der Waals surface area contributed by atoms with Gasteiger partial charge in [-0.15, -0.1) is 0 Å². The predicted molar refractivity (Wildman–Crippen MR) is 283 cm³/mol. The van der Waals surface area contributed by atoms with Gasteiger partial charge in [-0.05, 0) is 88.0 Å². The predicted octanol–water partition coefficient (Wildman–Crippen LogP) is 11.4. The lowest BCUT2D eigenvalue weighted by Gasteiger charge is -2.42. The molecule has 0 saturated carbocycles. The average molecular weight is 884 g/mol. The van der Waals surface area contributed by atoms with Crippen LogP contribution in [0.15, 0.2) is 222 Å². The van der Waals surface area contributed by atoms with Crippen LogP contribution in [0.1, 0.15) is 0 Å². The fourth-order valence-electron chi connectivity index (χ4n) is 12.2. The minimum atomic E-state index is -0.0510. The molecule has 0 bridgehead atoms. The number of nitrogens with zero attached hydrogens (tertiary/aromatic N) is 3. The largest absolute Gasteiger partial charge is 0.457 e. The van der Waals surface area contributed by atoms with Gasteiger partial charge in [-0.3, -0.25) is 0 Å². The molecule has 0 amide bonds. The number of benzene rings is 10. The van der Waals surface area contributed by atoms with Gasteiger partial charge in [0, 0.05) is 89.0 Å². The normalized spacial score (nSPS) is 13.4. The molecule has 2 aromatic heterocycles. The Labute approximate surface area is 396 Å². The molecule has 0 saturated heterocycles. The van der Waals surface area contributed by atoms with Crippen molar-refractivity contribution < 1.29 is 9.47 Å². The number of hydrogen-bond acceptors (Lipinski definition) is 4. The van der Waals surface area contributed by atoms with Crippen molar-refractivity contribution in [2.24, 2.45) is 0 Å². The SMILES string of the molecule is c1ccc(Oc2cc3c4c(c2)-n2c5ccccc5c5cccc(c52)B4c2cc4c(cc2S3)N(c2ccccc2)c2cc(Oc3ccccc3)cc3c2B4c2cccc4c5ccccc5n-3c24)cc1.